The van der Waals surface area contributed by atoms with E-state index in [1.54, 1.807) is 0 Å². The summed E-state index contributed by atoms with van der Waals surface area (Å²) in [6.45, 7) is 7.30. The number of carbonyl (C=O) groups is 3. The molecule has 12 heteroatoms. The van der Waals surface area contributed by atoms with Crippen molar-refractivity contribution < 1.29 is 60.3 Å². The molecule has 0 saturated heterocycles. The maximum atomic E-state index is 10.4. The van der Waals surface area contributed by atoms with Crippen LogP contribution in [-0.2, 0) is 14.4 Å². The lowest BCUT2D eigenvalue weighted by molar-refractivity contribution is -0.133. The van der Waals surface area contributed by atoms with Gasteiger partial charge >= 0.3 is 17.9 Å². The van der Waals surface area contributed by atoms with E-state index in [2.05, 4.69) is 19.7 Å². The van der Waals surface area contributed by atoms with Crippen LogP contribution < -0.4 is 0 Å². The molecule has 33 heavy (non-hydrogen) atoms. The quantitative estimate of drug-likeness (QED) is 0.128. The van der Waals surface area contributed by atoms with Gasteiger partial charge < -0.3 is 46.0 Å². The highest BCUT2D eigenvalue weighted by Gasteiger charge is 2.29. The van der Waals surface area contributed by atoms with Crippen molar-refractivity contribution in [1.82, 2.24) is 0 Å². The second-order valence-electron chi connectivity index (χ2n) is 7.31. The van der Waals surface area contributed by atoms with Gasteiger partial charge in [-0.25, -0.2) is 14.4 Å². The first-order chi connectivity index (χ1) is 15.3. The molecule has 0 fully saturated rings. The summed E-state index contributed by atoms with van der Waals surface area (Å²) >= 11 is 0. The zero-order valence-electron chi connectivity index (χ0n) is 18.5. The Morgan fingerprint density at radius 2 is 0.818 bits per heavy atom. The topological polar surface area (TPSA) is 233 Å². The number of aliphatic carboxylic acids is 3. The van der Waals surface area contributed by atoms with Crippen LogP contribution in [0.25, 0.3) is 0 Å². The summed E-state index contributed by atoms with van der Waals surface area (Å²) in [5.41, 5.74) is -2.02. The van der Waals surface area contributed by atoms with Crippen molar-refractivity contribution in [1.29, 1.82) is 0 Å². The second-order valence-corrected chi connectivity index (χ2v) is 7.31. The van der Waals surface area contributed by atoms with Crippen LogP contribution in [0.1, 0.15) is 25.7 Å². The Hall–Kier alpha value is -2.61. The summed E-state index contributed by atoms with van der Waals surface area (Å²) in [5, 5.41) is 78.2. The highest BCUT2D eigenvalue weighted by molar-refractivity contribution is 5.86. The van der Waals surface area contributed by atoms with Gasteiger partial charge in [-0.15, -0.1) is 0 Å². The fourth-order valence-electron chi connectivity index (χ4n) is 1.82. The maximum absolute atomic E-state index is 10.4. The van der Waals surface area contributed by atoms with Crippen molar-refractivity contribution in [2.24, 2.45) is 10.8 Å². The monoisotopic (exact) mass is 480 g/mol. The molecule has 0 atom stereocenters. The molecule has 0 aromatic carbocycles. The van der Waals surface area contributed by atoms with E-state index in [0.717, 1.165) is 6.08 Å². The summed E-state index contributed by atoms with van der Waals surface area (Å²) in [5.74, 6) is -3.19. The molecule has 0 bridgehead atoms. The molecule has 0 unspecified atom stereocenters. The van der Waals surface area contributed by atoms with Crippen LogP contribution in [0.2, 0.25) is 0 Å². The fraction of sp³-hybridized carbons (Fsp3) is 0.571. The zero-order valence-corrected chi connectivity index (χ0v) is 18.5. The van der Waals surface area contributed by atoms with Crippen molar-refractivity contribution in [2.45, 2.75) is 25.7 Å². The lowest BCUT2D eigenvalue weighted by Gasteiger charge is -2.27. The highest BCUT2D eigenvalue weighted by Crippen LogP contribution is 2.24. The predicted octanol–water partition coefficient (Wildman–Crippen LogP) is -1.00. The van der Waals surface area contributed by atoms with Crippen molar-refractivity contribution in [3.8, 4) is 0 Å². The van der Waals surface area contributed by atoms with Crippen molar-refractivity contribution in [3.05, 3.63) is 37.0 Å². The average molecular weight is 481 g/mol. The molecule has 0 heterocycles. The van der Waals surface area contributed by atoms with E-state index in [4.69, 9.17) is 46.0 Å². The molecular formula is C21H36O12. The molecule has 9 N–H and O–H groups in total. The van der Waals surface area contributed by atoms with Gasteiger partial charge in [-0.2, -0.15) is 0 Å². The fourth-order valence-corrected chi connectivity index (χ4v) is 1.82. The molecule has 0 rings (SSSR count). The van der Waals surface area contributed by atoms with Crippen LogP contribution in [0, 0.1) is 10.8 Å². The molecule has 0 aliphatic carbocycles. The van der Waals surface area contributed by atoms with Gasteiger partial charge in [0.05, 0.1) is 39.6 Å². The number of rotatable bonds is 15. The summed E-state index contributed by atoms with van der Waals surface area (Å²) in [7, 11) is 0. The molecule has 0 saturated carbocycles. The van der Waals surface area contributed by atoms with Gasteiger partial charge in [-0.1, -0.05) is 19.7 Å². The first-order valence-electron chi connectivity index (χ1n) is 9.62. The van der Waals surface area contributed by atoms with Gasteiger partial charge in [-0.3, -0.25) is 0 Å². The summed E-state index contributed by atoms with van der Waals surface area (Å²) in [4.78, 5) is 30.0. The Balaban J connectivity index is -0.000000453. The third kappa shape index (κ3) is 15.8. The molecule has 0 aliphatic heterocycles. The lowest BCUT2D eigenvalue weighted by atomic mass is 9.84. The molecule has 0 aromatic heterocycles. The molecule has 0 aliphatic rings. The molecule has 0 spiro atoms. The van der Waals surface area contributed by atoms with E-state index in [9.17, 15) is 14.4 Å². The van der Waals surface area contributed by atoms with E-state index in [1.807, 2.05) is 0 Å². The van der Waals surface area contributed by atoms with Crippen LogP contribution in [0.3, 0.4) is 0 Å². The number of carboxylic acids is 3. The first kappa shape index (κ1) is 35.0. The normalized spacial score (nSPS) is 10.6. The molecule has 0 aromatic rings. The first-order valence-corrected chi connectivity index (χ1v) is 9.62. The van der Waals surface area contributed by atoms with Crippen molar-refractivity contribution in [3.63, 3.8) is 0 Å². The minimum atomic E-state index is -1.10. The van der Waals surface area contributed by atoms with Gasteiger partial charge in [0.2, 0.25) is 0 Å². The Morgan fingerprint density at radius 3 is 0.939 bits per heavy atom. The van der Waals surface area contributed by atoms with Gasteiger partial charge in [0, 0.05) is 28.1 Å². The zero-order chi connectivity index (χ0) is 26.7. The van der Waals surface area contributed by atoms with Crippen molar-refractivity contribution in [2.75, 3.05) is 39.6 Å². The minimum absolute atomic E-state index is 0.00438. The van der Waals surface area contributed by atoms with Crippen LogP contribution in [0.15, 0.2) is 37.0 Å². The van der Waals surface area contributed by atoms with Crippen LogP contribution in [0.5, 0.6) is 0 Å². The number of aliphatic hydroxyl groups excluding tert-OH is 6. The van der Waals surface area contributed by atoms with Gasteiger partial charge in [-0.05, 0) is 25.7 Å². The molecule has 192 valence electrons. The molecule has 0 amide bonds. The van der Waals surface area contributed by atoms with E-state index >= 15 is 0 Å². The van der Waals surface area contributed by atoms with Gasteiger partial charge in [0.1, 0.15) is 0 Å². The Kier molecular flexibility index (Phi) is 20.1. The van der Waals surface area contributed by atoms with Gasteiger partial charge in [0.25, 0.3) is 0 Å². The Bertz CT molecular complexity index is 571. The third-order valence-electron chi connectivity index (χ3n) is 4.71. The molecular weight excluding hydrogens is 444 g/mol. The summed E-state index contributed by atoms with van der Waals surface area (Å²) in [6.07, 6.45) is 1.50. The highest BCUT2D eigenvalue weighted by atomic mass is 16.4. The number of carboxylic acid groups (broad SMARTS) is 3. The second kappa shape index (κ2) is 18.9. The van der Waals surface area contributed by atoms with E-state index < -0.39 is 28.7 Å². The predicted molar refractivity (Wildman–Crippen MR) is 117 cm³/mol. The maximum Gasteiger partial charge on any atom is 0.330 e. The third-order valence-corrected chi connectivity index (χ3v) is 4.71. The number of hydrogen-bond acceptors (Lipinski definition) is 9. The van der Waals surface area contributed by atoms with E-state index in [1.165, 1.54) is 0 Å². The van der Waals surface area contributed by atoms with E-state index in [0.29, 0.717) is 0 Å². The van der Waals surface area contributed by atoms with Crippen molar-refractivity contribution >= 4 is 17.9 Å². The largest absolute Gasteiger partial charge is 0.478 e. The van der Waals surface area contributed by atoms with Gasteiger partial charge in [0.15, 0.2) is 0 Å². The Labute approximate surface area is 192 Å². The lowest BCUT2D eigenvalue weighted by Crippen LogP contribution is -2.34. The average Bonchev–Trinajstić information content (AvgIpc) is 2.81. The molecule has 0 radical (unpaired) electrons. The van der Waals surface area contributed by atoms with Crippen LogP contribution in [-0.4, -0.2) is 104 Å². The standard InChI is InChI=1S/2C9H16O5.C3H4O2/c2*1-7(8(13)14)2-3-9(4-10,5-11)6-12;1-2-3(4)5/h2*10-12H,1-6H2,(H,13,14);2H,1H2,(H,4,5). The summed E-state index contributed by atoms with van der Waals surface area (Å²) < 4.78 is 0. The number of hydrogen-bond donors (Lipinski definition) is 9. The SMILES string of the molecule is C=C(CCC(CO)(CO)CO)C(=O)O.C=C(CCC(CO)(CO)CO)C(=O)O.C=CC(=O)O. The summed E-state index contributed by atoms with van der Waals surface area (Å²) in [6, 6.07) is 0. The smallest absolute Gasteiger partial charge is 0.330 e. The number of aliphatic hydroxyl groups is 6. The minimum Gasteiger partial charge on any atom is -0.478 e. The molecule has 12 nitrogen and oxygen atoms in total. The van der Waals surface area contributed by atoms with Crippen LogP contribution >= 0.6 is 0 Å². The van der Waals surface area contributed by atoms with Crippen LogP contribution in [0.4, 0.5) is 0 Å². The Morgan fingerprint density at radius 1 is 0.606 bits per heavy atom. The van der Waals surface area contributed by atoms with E-state index in [-0.39, 0.29) is 76.5 Å².